The lowest BCUT2D eigenvalue weighted by Crippen LogP contribution is -2.35. The molecule has 2 rings (SSSR count). The second kappa shape index (κ2) is 7.91. The van der Waals surface area contributed by atoms with E-state index in [-0.39, 0.29) is 6.61 Å². The van der Waals surface area contributed by atoms with Gasteiger partial charge in [-0.2, -0.15) is 0 Å². The van der Waals surface area contributed by atoms with Gasteiger partial charge in [0.2, 0.25) is 0 Å². The number of hydrogen-bond donors (Lipinski definition) is 1. The molecule has 1 unspecified atom stereocenters. The van der Waals surface area contributed by atoms with Gasteiger partial charge >= 0.3 is 0 Å². The lowest BCUT2D eigenvalue weighted by Gasteiger charge is -2.22. The minimum atomic E-state index is -0.116. The summed E-state index contributed by atoms with van der Waals surface area (Å²) < 4.78 is 11.1. The van der Waals surface area contributed by atoms with Crippen LogP contribution >= 0.6 is 0 Å². The summed E-state index contributed by atoms with van der Waals surface area (Å²) in [6, 6.07) is 8.12. The normalized spacial score (nSPS) is 17.9. The van der Waals surface area contributed by atoms with Gasteiger partial charge in [0.25, 0.3) is 0 Å². The highest BCUT2D eigenvalue weighted by atomic mass is 16.5. The van der Waals surface area contributed by atoms with Crippen LogP contribution in [0.5, 0.6) is 5.75 Å². The van der Waals surface area contributed by atoms with E-state index in [4.69, 9.17) is 14.6 Å². The van der Waals surface area contributed by atoms with Gasteiger partial charge in [0.1, 0.15) is 19.0 Å². The number of rotatable bonds is 5. The van der Waals surface area contributed by atoms with Gasteiger partial charge in [-0.05, 0) is 37.7 Å². The monoisotopic (exact) mass is 275 g/mol. The van der Waals surface area contributed by atoms with Crippen LogP contribution in [0.15, 0.2) is 24.3 Å². The fraction of sp³-hybridized carbons (Fsp3) is 0.500. The molecule has 1 saturated heterocycles. The van der Waals surface area contributed by atoms with E-state index >= 15 is 0 Å². The van der Waals surface area contributed by atoms with Crippen molar-refractivity contribution in [3.8, 4) is 17.6 Å². The van der Waals surface area contributed by atoms with Crippen molar-refractivity contribution < 1.29 is 14.6 Å². The summed E-state index contributed by atoms with van der Waals surface area (Å²) in [5.41, 5.74) is 0.881. The molecule has 1 heterocycles. The summed E-state index contributed by atoms with van der Waals surface area (Å²) in [5.74, 6) is 6.32. The van der Waals surface area contributed by atoms with Gasteiger partial charge in [0.15, 0.2) is 0 Å². The Morgan fingerprint density at radius 1 is 1.40 bits per heavy atom. The van der Waals surface area contributed by atoms with Gasteiger partial charge in [0, 0.05) is 24.8 Å². The third kappa shape index (κ3) is 4.53. The van der Waals surface area contributed by atoms with Crippen molar-refractivity contribution in [3.05, 3.63) is 29.8 Å². The molecule has 1 aromatic carbocycles. The molecule has 4 heteroatoms. The van der Waals surface area contributed by atoms with Crippen LogP contribution in [0.2, 0.25) is 0 Å². The van der Waals surface area contributed by atoms with Gasteiger partial charge in [-0.3, -0.25) is 4.90 Å². The van der Waals surface area contributed by atoms with Gasteiger partial charge in [0.05, 0.1) is 6.61 Å². The molecular weight excluding hydrogens is 254 g/mol. The van der Waals surface area contributed by atoms with E-state index in [1.54, 1.807) is 0 Å². The van der Waals surface area contributed by atoms with Crippen LogP contribution in [-0.4, -0.2) is 56.1 Å². The zero-order valence-electron chi connectivity index (χ0n) is 11.8. The summed E-state index contributed by atoms with van der Waals surface area (Å²) in [4.78, 5) is 2.29. The lowest BCUT2D eigenvalue weighted by atomic mass is 10.2. The van der Waals surface area contributed by atoms with Crippen molar-refractivity contribution in [1.82, 2.24) is 4.90 Å². The molecule has 20 heavy (non-hydrogen) atoms. The minimum absolute atomic E-state index is 0.116. The summed E-state index contributed by atoms with van der Waals surface area (Å²) in [5, 5.41) is 8.63. The number of benzene rings is 1. The molecule has 1 aliphatic rings. The van der Waals surface area contributed by atoms with Gasteiger partial charge in [-0.1, -0.05) is 11.8 Å². The third-order valence-electron chi connectivity index (χ3n) is 3.41. The van der Waals surface area contributed by atoms with Crippen LogP contribution < -0.4 is 4.74 Å². The van der Waals surface area contributed by atoms with Gasteiger partial charge < -0.3 is 14.6 Å². The zero-order chi connectivity index (χ0) is 14.2. The molecule has 0 saturated carbocycles. The second-order valence-electron chi connectivity index (χ2n) is 4.83. The Kier molecular flexibility index (Phi) is 5.87. The number of aliphatic hydroxyl groups excluding tert-OH is 1. The molecule has 0 aromatic heterocycles. The second-order valence-corrected chi connectivity index (χ2v) is 4.83. The van der Waals surface area contributed by atoms with E-state index in [0.717, 1.165) is 37.5 Å². The fourth-order valence-electron chi connectivity index (χ4n) is 2.14. The molecule has 0 radical (unpaired) electrons. The van der Waals surface area contributed by atoms with E-state index < -0.39 is 0 Å². The molecule has 0 bridgehead atoms. The Hall–Kier alpha value is -1.54. The average Bonchev–Trinajstić information content (AvgIpc) is 3.00. The van der Waals surface area contributed by atoms with E-state index in [1.165, 1.54) is 0 Å². The number of ether oxygens (including phenoxy) is 2. The Bertz CT molecular complexity index is 455. The molecule has 1 aliphatic heterocycles. The first-order valence-corrected chi connectivity index (χ1v) is 6.90. The molecular formula is C16H21NO3. The van der Waals surface area contributed by atoms with Crippen molar-refractivity contribution in [3.63, 3.8) is 0 Å². The van der Waals surface area contributed by atoms with Crippen molar-refractivity contribution >= 4 is 0 Å². The first-order chi connectivity index (χ1) is 9.79. The maximum atomic E-state index is 8.63. The van der Waals surface area contributed by atoms with Crippen LogP contribution in [0.1, 0.15) is 12.0 Å². The lowest BCUT2D eigenvalue weighted by molar-refractivity contribution is 0.147. The van der Waals surface area contributed by atoms with Crippen LogP contribution in [0, 0.1) is 11.8 Å². The summed E-state index contributed by atoms with van der Waals surface area (Å²) in [7, 11) is 2.11. The predicted octanol–water partition coefficient (Wildman–Crippen LogP) is 1.13. The van der Waals surface area contributed by atoms with E-state index in [2.05, 4.69) is 23.8 Å². The van der Waals surface area contributed by atoms with Crippen molar-refractivity contribution in [2.75, 3.05) is 40.0 Å². The largest absolute Gasteiger partial charge is 0.492 e. The fourth-order valence-corrected chi connectivity index (χ4v) is 2.14. The predicted molar refractivity (Wildman–Crippen MR) is 77.8 cm³/mol. The SMILES string of the molecule is CN(CCOc1ccc(C#CCO)cc1)C1CCOC1. The van der Waals surface area contributed by atoms with E-state index in [0.29, 0.717) is 12.6 Å². The summed E-state index contributed by atoms with van der Waals surface area (Å²) >= 11 is 0. The molecule has 0 amide bonds. The Morgan fingerprint density at radius 2 is 2.20 bits per heavy atom. The smallest absolute Gasteiger partial charge is 0.119 e. The molecule has 108 valence electrons. The maximum Gasteiger partial charge on any atom is 0.119 e. The van der Waals surface area contributed by atoms with E-state index in [1.807, 2.05) is 24.3 Å². The Balaban J connectivity index is 1.73. The van der Waals surface area contributed by atoms with Crippen molar-refractivity contribution in [2.24, 2.45) is 0 Å². The van der Waals surface area contributed by atoms with Crippen molar-refractivity contribution in [1.29, 1.82) is 0 Å². The molecule has 0 spiro atoms. The highest BCUT2D eigenvalue weighted by Gasteiger charge is 2.19. The minimum Gasteiger partial charge on any atom is -0.492 e. The van der Waals surface area contributed by atoms with Gasteiger partial charge in [-0.15, -0.1) is 0 Å². The Labute approximate surface area is 120 Å². The van der Waals surface area contributed by atoms with Crippen LogP contribution in [0.4, 0.5) is 0 Å². The highest BCUT2D eigenvalue weighted by molar-refractivity contribution is 5.38. The topological polar surface area (TPSA) is 41.9 Å². The maximum absolute atomic E-state index is 8.63. The van der Waals surface area contributed by atoms with Gasteiger partial charge in [-0.25, -0.2) is 0 Å². The molecule has 1 fully saturated rings. The quantitative estimate of drug-likeness (QED) is 0.818. The van der Waals surface area contributed by atoms with E-state index in [9.17, 15) is 0 Å². The molecule has 4 nitrogen and oxygen atoms in total. The first-order valence-electron chi connectivity index (χ1n) is 6.90. The zero-order valence-corrected chi connectivity index (χ0v) is 11.8. The number of nitrogens with zero attached hydrogens (tertiary/aromatic N) is 1. The molecule has 1 atom stereocenters. The standard InChI is InChI=1S/C16H21NO3/c1-17(15-8-11-19-13-15)9-12-20-16-6-4-14(5-7-16)3-2-10-18/h4-7,15,18H,8-13H2,1H3. The van der Waals surface area contributed by atoms with Crippen molar-refractivity contribution in [2.45, 2.75) is 12.5 Å². The highest BCUT2D eigenvalue weighted by Crippen LogP contribution is 2.13. The van der Waals surface area contributed by atoms with Crippen LogP contribution in [-0.2, 0) is 4.74 Å². The molecule has 1 aromatic rings. The van der Waals surface area contributed by atoms with Crippen LogP contribution in [0.25, 0.3) is 0 Å². The summed E-state index contributed by atoms with van der Waals surface area (Å²) in [6.45, 7) is 3.13. The average molecular weight is 275 g/mol. The van der Waals surface area contributed by atoms with Crippen LogP contribution in [0.3, 0.4) is 0 Å². The number of hydrogen-bond acceptors (Lipinski definition) is 4. The third-order valence-corrected chi connectivity index (χ3v) is 3.41. The number of likely N-dealkylation sites (N-methyl/N-ethyl adjacent to an activating group) is 1. The summed E-state index contributed by atoms with van der Waals surface area (Å²) in [6.07, 6.45) is 1.11. The number of aliphatic hydroxyl groups is 1. The first kappa shape index (κ1) is 14.9. The molecule has 0 aliphatic carbocycles. The Morgan fingerprint density at radius 3 is 2.85 bits per heavy atom. The molecule has 1 N–H and O–H groups in total.